The molecule has 0 unspecified atom stereocenters. The summed E-state index contributed by atoms with van der Waals surface area (Å²) in [6.45, 7) is 8.89. The van der Waals surface area contributed by atoms with E-state index in [1.54, 1.807) is 11.8 Å². The van der Waals surface area contributed by atoms with Crippen molar-refractivity contribution in [1.29, 1.82) is 0 Å². The molecule has 3 amide bonds. The standard InChI is InChI=1S/C25H35N3O4/c1-4-32-24(31)28-11-7-19(8-12-28)26-22(29)21-16-25(21)9-13-27(14-10-25)23(30)20-6-5-17(2)15-18(20)3/h5-6,15,19,21H,4,7-14,16H2,1-3H3,(H,26,29)/t21-/m0/s1. The number of rotatable bonds is 4. The van der Waals surface area contributed by atoms with Gasteiger partial charge in [-0.3, -0.25) is 9.59 Å². The molecule has 2 saturated heterocycles. The van der Waals surface area contributed by atoms with Crippen molar-refractivity contribution in [3.63, 3.8) is 0 Å². The highest BCUT2D eigenvalue weighted by atomic mass is 16.6. The summed E-state index contributed by atoms with van der Waals surface area (Å²) < 4.78 is 5.06. The number of hydrogen-bond donors (Lipinski definition) is 1. The second kappa shape index (κ2) is 9.12. The fraction of sp³-hybridized carbons (Fsp3) is 0.640. The van der Waals surface area contributed by atoms with E-state index < -0.39 is 0 Å². The van der Waals surface area contributed by atoms with E-state index in [0.717, 1.165) is 48.8 Å². The van der Waals surface area contributed by atoms with E-state index in [1.807, 2.05) is 30.9 Å². The molecule has 32 heavy (non-hydrogen) atoms. The van der Waals surface area contributed by atoms with Crippen LogP contribution in [0.2, 0.25) is 0 Å². The van der Waals surface area contributed by atoms with Crippen LogP contribution in [-0.4, -0.2) is 66.5 Å². The quantitative estimate of drug-likeness (QED) is 0.778. The van der Waals surface area contributed by atoms with Gasteiger partial charge in [0.25, 0.3) is 5.91 Å². The predicted octanol–water partition coefficient (Wildman–Crippen LogP) is 3.28. The monoisotopic (exact) mass is 441 g/mol. The lowest BCUT2D eigenvalue weighted by Gasteiger charge is -2.34. The first-order valence-corrected chi connectivity index (χ1v) is 11.9. The maximum atomic E-state index is 13.0. The maximum Gasteiger partial charge on any atom is 0.409 e. The summed E-state index contributed by atoms with van der Waals surface area (Å²) in [5.74, 6) is 0.310. The summed E-state index contributed by atoms with van der Waals surface area (Å²) in [6, 6.07) is 6.09. The molecule has 1 saturated carbocycles. The number of nitrogens with zero attached hydrogens (tertiary/aromatic N) is 2. The highest BCUT2D eigenvalue weighted by Crippen LogP contribution is 2.59. The fourth-order valence-electron chi connectivity index (χ4n) is 5.37. The van der Waals surface area contributed by atoms with Crippen LogP contribution in [0.5, 0.6) is 0 Å². The van der Waals surface area contributed by atoms with Crippen LogP contribution in [0.1, 0.15) is 60.5 Å². The lowest BCUT2D eigenvalue weighted by molar-refractivity contribution is -0.124. The van der Waals surface area contributed by atoms with Crippen LogP contribution in [0, 0.1) is 25.2 Å². The van der Waals surface area contributed by atoms with Gasteiger partial charge in [-0.05, 0) is 69.9 Å². The van der Waals surface area contributed by atoms with E-state index in [1.165, 1.54) is 0 Å². The highest BCUT2D eigenvalue weighted by Gasteiger charge is 2.58. The molecule has 0 bridgehead atoms. The molecule has 174 valence electrons. The summed E-state index contributed by atoms with van der Waals surface area (Å²) >= 11 is 0. The SMILES string of the molecule is CCOC(=O)N1CCC(NC(=O)[C@@H]2CC23CCN(C(=O)c2ccc(C)cc2C)CC3)CC1. The third-order valence-electron chi connectivity index (χ3n) is 7.53. The van der Waals surface area contributed by atoms with Crippen LogP contribution in [0.3, 0.4) is 0 Å². The predicted molar refractivity (Wildman–Crippen MR) is 121 cm³/mol. The Hall–Kier alpha value is -2.57. The zero-order valence-corrected chi connectivity index (χ0v) is 19.5. The number of ether oxygens (including phenoxy) is 1. The Morgan fingerprint density at radius 1 is 1.06 bits per heavy atom. The number of aryl methyl sites for hydroxylation is 2. The molecule has 0 radical (unpaired) electrons. The molecule has 1 aliphatic carbocycles. The molecule has 3 fully saturated rings. The van der Waals surface area contributed by atoms with E-state index in [9.17, 15) is 14.4 Å². The maximum absolute atomic E-state index is 13.0. The molecular formula is C25H35N3O4. The van der Waals surface area contributed by atoms with Gasteiger partial charge in [-0.25, -0.2) is 4.79 Å². The normalized spacial score (nSPS) is 22.5. The number of nitrogens with one attached hydrogen (secondary N) is 1. The van der Waals surface area contributed by atoms with E-state index in [2.05, 4.69) is 11.4 Å². The van der Waals surface area contributed by atoms with Gasteiger partial charge >= 0.3 is 6.09 Å². The minimum absolute atomic E-state index is 0.0592. The molecule has 1 atom stereocenters. The topological polar surface area (TPSA) is 79.0 Å². The van der Waals surface area contributed by atoms with Crippen molar-refractivity contribution in [3.8, 4) is 0 Å². The van der Waals surface area contributed by atoms with Crippen LogP contribution in [0.4, 0.5) is 4.79 Å². The molecule has 1 N–H and O–H groups in total. The van der Waals surface area contributed by atoms with Crippen molar-refractivity contribution in [1.82, 2.24) is 15.1 Å². The van der Waals surface area contributed by atoms with Crippen molar-refractivity contribution >= 4 is 17.9 Å². The van der Waals surface area contributed by atoms with Gasteiger partial charge in [-0.15, -0.1) is 0 Å². The minimum Gasteiger partial charge on any atom is -0.450 e. The van der Waals surface area contributed by atoms with Gasteiger partial charge in [0.15, 0.2) is 0 Å². The van der Waals surface area contributed by atoms with Crippen molar-refractivity contribution in [3.05, 3.63) is 34.9 Å². The van der Waals surface area contributed by atoms with E-state index in [0.29, 0.717) is 32.8 Å². The first-order chi connectivity index (χ1) is 15.3. The van der Waals surface area contributed by atoms with Crippen LogP contribution in [-0.2, 0) is 9.53 Å². The average Bonchev–Trinajstić information content (AvgIpc) is 3.48. The van der Waals surface area contributed by atoms with Crippen LogP contribution >= 0.6 is 0 Å². The van der Waals surface area contributed by atoms with Gasteiger partial charge in [0.1, 0.15) is 0 Å². The van der Waals surface area contributed by atoms with Gasteiger partial charge in [-0.1, -0.05) is 17.7 Å². The van der Waals surface area contributed by atoms with E-state index >= 15 is 0 Å². The van der Waals surface area contributed by atoms with Gasteiger partial charge < -0.3 is 19.9 Å². The molecule has 4 rings (SSSR count). The number of carbonyl (C=O) groups excluding carboxylic acids is 3. The first-order valence-electron chi connectivity index (χ1n) is 11.9. The molecule has 1 aromatic rings. The molecule has 3 aliphatic rings. The molecular weight excluding hydrogens is 406 g/mol. The summed E-state index contributed by atoms with van der Waals surface area (Å²) in [5, 5.41) is 3.22. The lowest BCUT2D eigenvalue weighted by Crippen LogP contribution is -2.47. The van der Waals surface area contributed by atoms with Crippen LogP contribution < -0.4 is 5.32 Å². The van der Waals surface area contributed by atoms with Crippen molar-refractivity contribution in [2.45, 2.75) is 58.9 Å². The zero-order chi connectivity index (χ0) is 22.9. The third kappa shape index (κ3) is 4.62. The number of carbonyl (C=O) groups is 3. The number of piperidine rings is 2. The van der Waals surface area contributed by atoms with Crippen molar-refractivity contribution < 1.29 is 19.1 Å². The largest absolute Gasteiger partial charge is 0.450 e. The minimum atomic E-state index is -0.263. The molecule has 1 spiro atoms. The summed E-state index contributed by atoms with van der Waals surface area (Å²) in [7, 11) is 0. The summed E-state index contributed by atoms with van der Waals surface area (Å²) in [6.07, 6.45) is 3.98. The van der Waals surface area contributed by atoms with Gasteiger partial charge in [0.2, 0.25) is 5.91 Å². The Morgan fingerprint density at radius 3 is 2.38 bits per heavy atom. The molecule has 2 heterocycles. The van der Waals surface area contributed by atoms with E-state index in [4.69, 9.17) is 4.74 Å². The summed E-state index contributed by atoms with van der Waals surface area (Å²) in [4.78, 5) is 41.3. The number of hydrogen-bond acceptors (Lipinski definition) is 4. The Kier molecular flexibility index (Phi) is 6.45. The van der Waals surface area contributed by atoms with Crippen molar-refractivity contribution in [2.24, 2.45) is 11.3 Å². The number of likely N-dealkylation sites (tertiary alicyclic amines) is 2. The van der Waals surface area contributed by atoms with E-state index in [-0.39, 0.29) is 35.3 Å². The fourth-order valence-corrected chi connectivity index (χ4v) is 5.37. The Bertz CT molecular complexity index is 883. The summed E-state index contributed by atoms with van der Waals surface area (Å²) in [5.41, 5.74) is 3.03. The molecule has 0 aromatic heterocycles. The Balaban J connectivity index is 1.24. The third-order valence-corrected chi connectivity index (χ3v) is 7.53. The lowest BCUT2D eigenvalue weighted by atomic mass is 9.90. The zero-order valence-electron chi connectivity index (χ0n) is 19.5. The van der Waals surface area contributed by atoms with Gasteiger partial charge in [0.05, 0.1) is 6.61 Å². The van der Waals surface area contributed by atoms with Gasteiger partial charge in [0, 0.05) is 43.7 Å². The molecule has 7 nitrogen and oxygen atoms in total. The smallest absolute Gasteiger partial charge is 0.409 e. The molecule has 1 aromatic carbocycles. The first kappa shape index (κ1) is 22.6. The average molecular weight is 442 g/mol. The van der Waals surface area contributed by atoms with Crippen molar-refractivity contribution in [2.75, 3.05) is 32.8 Å². The number of amides is 3. The molecule has 2 aliphatic heterocycles. The highest BCUT2D eigenvalue weighted by molar-refractivity contribution is 5.95. The van der Waals surface area contributed by atoms with Gasteiger partial charge in [-0.2, -0.15) is 0 Å². The van der Waals surface area contributed by atoms with Crippen LogP contribution in [0.15, 0.2) is 18.2 Å². The second-order valence-corrected chi connectivity index (χ2v) is 9.70. The Morgan fingerprint density at radius 2 is 1.75 bits per heavy atom. The number of benzene rings is 1. The Labute approximate surface area is 190 Å². The molecule has 7 heteroatoms. The van der Waals surface area contributed by atoms with Crippen LogP contribution in [0.25, 0.3) is 0 Å². The second-order valence-electron chi connectivity index (χ2n) is 9.70.